The van der Waals surface area contributed by atoms with Gasteiger partial charge in [0, 0.05) is 5.92 Å². The predicted octanol–water partition coefficient (Wildman–Crippen LogP) is 2.37. The largest absolute Gasteiger partial charge is 0.462 e. The summed E-state index contributed by atoms with van der Waals surface area (Å²) < 4.78 is 5.25. The van der Waals surface area contributed by atoms with E-state index in [1.165, 1.54) is 6.42 Å². The second-order valence-electron chi connectivity index (χ2n) is 3.90. The number of rotatable bonds is 3. The number of carbonyl (C=O) groups is 1. The van der Waals surface area contributed by atoms with Crippen molar-refractivity contribution in [2.24, 2.45) is 11.8 Å². The molecule has 0 bridgehead atoms. The van der Waals surface area contributed by atoms with Gasteiger partial charge in [-0.25, -0.2) is 0 Å². The first-order chi connectivity index (χ1) is 5.65. The fraction of sp³-hybridized carbons (Fsp3) is 0.900. The zero-order chi connectivity index (χ0) is 9.14. The molecule has 0 amide bonds. The van der Waals surface area contributed by atoms with Gasteiger partial charge in [0.05, 0.1) is 6.42 Å². The van der Waals surface area contributed by atoms with Gasteiger partial charge in [-0.2, -0.15) is 0 Å². The van der Waals surface area contributed by atoms with Crippen LogP contribution in [0.1, 0.15) is 40.0 Å². The van der Waals surface area contributed by atoms with Crippen molar-refractivity contribution < 1.29 is 9.53 Å². The van der Waals surface area contributed by atoms with Crippen LogP contribution in [0.15, 0.2) is 0 Å². The van der Waals surface area contributed by atoms with Crippen LogP contribution in [0.5, 0.6) is 0 Å². The Labute approximate surface area is 74.3 Å². The molecule has 2 heteroatoms. The minimum Gasteiger partial charge on any atom is -0.462 e. The van der Waals surface area contributed by atoms with Crippen molar-refractivity contribution >= 4 is 5.97 Å². The highest BCUT2D eigenvalue weighted by molar-refractivity contribution is 5.72. The minimum atomic E-state index is -0.0181. The SMILES string of the molecule is CCCC(C)C1OC(=O)CC1C. The van der Waals surface area contributed by atoms with Crippen LogP contribution in [0.25, 0.3) is 0 Å². The van der Waals surface area contributed by atoms with Crippen molar-refractivity contribution in [3.05, 3.63) is 0 Å². The molecule has 1 aliphatic rings. The molecule has 2 nitrogen and oxygen atoms in total. The van der Waals surface area contributed by atoms with E-state index in [-0.39, 0.29) is 12.1 Å². The van der Waals surface area contributed by atoms with Crippen LogP contribution in [-0.2, 0) is 9.53 Å². The monoisotopic (exact) mass is 170 g/mol. The molecule has 70 valence electrons. The summed E-state index contributed by atoms with van der Waals surface area (Å²) in [7, 11) is 0. The number of cyclic esters (lactones) is 1. The molecule has 1 saturated heterocycles. The van der Waals surface area contributed by atoms with Gasteiger partial charge in [-0.1, -0.05) is 27.2 Å². The average molecular weight is 170 g/mol. The van der Waals surface area contributed by atoms with E-state index in [2.05, 4.69) is 20.8 Å². The lowest BCUT2D eigenvalue weighted by molar-refractivity contribution is -0.143. The normalized spacial score (nSPS) is 31.8. The van der Waals surface area contributed by atoms with Crippen LogP contribution in [-0.4, -0.2) is 12.1 Å². The van der Waals surface area contributed by atoms with E-state index >= 15 is 0 Å². The van der Waals surface area contributed by atoms with Crippen LogP contribution in [0, 0.1) is 11.8 Å². The molecule has 0 spiro atoms. The smallest absolute Gasteiger partial charge is 0.306 e. The molecule has 0 N–H and O–H groups in total. The third kappa shape index (κ3) is 1.99. The molecule has 1 rings (SSSR count). The van der Waals surface area contributed by atoms with Gasteiger partial charge in [-0.15, -0.1) is 0 Å². The van der Waals surface area contributed by atoms with E-state index in [4.69, 9.17) is 4.74 Å². The van der Waals surface area contributed by atoms with Crippen LogP contribution in [0.4, 0.5) is 0 Å². The van der Waals surface area contributed by atoms with Gasteiger partial charge in [0.25, 0.3) is 0 Å². The lowest BCUT2D eigenvalue weighted by Gasteiger charge is -2.20. The maximum Gasteiger partial charge on any atom is 0.306 e. The zero-order valence-electron chi connectivity index (χ0n) is 8.17. The number of esters is 1. The first-order valence-electron chi connectivity index (χ1n) is 4.84. The van der Waals surface area contributed by atoms with Crippen molar-refractivity contribution in [2.75, 3.05) is 0 Å². The third-order valence-electron chi connectivity index (χ3n) is 2.62. The minimum absolute atomic E-state index is 0.0181. The van der Waals surface area contributed by atoms with Crippen molar-refractivity contribution in [3.8, 4) is 0 Å². The average Bonchev–Trinajstić information content (AvgIpc) is 2.30. The number of hydrogen-bond acceptors (Lipinski definition) is 2. The van der Waals surface area contributed by atoms with Gasteiger partial charge >= 0.3 is 5.97 Å². The fourth-order valence-electron chi connectivity index (χ4n) is 1.99. The van der Waals surface area contributed by atoms with Crippen molar-refractivity contribution in [1.82, 2.24) is 0 Å². The molecular weight excluding hydrogens is 152 g/mol. The van der Waals surface area contributed by atoms with Gasteiger partial charge in [0.1, 0.15) is 6.10 Å². The highest BCUT2D eigenvalue weighted by Gasteiger charge is 2.34. The summed E-state index contributed by atoms with van der Waals surface area (Å²) in [6.07, 6.45) is 3.11. The molecule has 0 aliphatic carbocycles. The van der Waals surface area contributed by atoms with Gasteiger partial charge in [-0.05, 0) is 12.3 Å². The van der Waals surface area contributed by atoms with Gasteiger partial charge in [0.2, 0.25) is 0 Å². The second kappa shape index (κ2) is 3.92. The van der Waals surface area contributed by atoms with Crippen LogP contribution in [0.3, 0.4) is 0 Å². The molecular formula is C10H18O2. The fourth-order valence-corrected chi connectivity index (χ4v) is 1.99. The van der Waals surface area contributed by atoms with E-state index < -0.39 is 0 Å². The van der Waals surface area contributed by atoms with E-state index in [1.54, 1.807) is 0 Å². The van der Waals surface area contributed by atoms with Crippen molar-refractivity contribution in [3.63, 3.8) is 0 Å². The molecule has 0 aromatic heterocycles. The highest BCUT2D eigenvalue weighted by Crippen LogP contribution is 2.29. The second-order valence-corrected chi connectivity index (χ2v) is 3.90. The molecule has 0 aromatic carbocycles. The van der Waals surface area contributed by atoms with Crippen molar-refractivity contribution in [2.45, 2.75) is 46.1 Å². The lowest BCUT2D eigenvalue weighted by atomic mass is 9.90. The van der Waals surface area contributed by atoms with E-state index in [0.29, 0.717) is 18.3 Å². The van der Waals surface area contributed by atoms with Gasteiger partial charge < -0.3 is 4.74 Å². The highest BCUT2D eigenvalue weighted by atomic mass is 16.6. The standard InChI is InChI=1S/C10H18O2/c1-4-5-7(2)10-8(3)6-9(11)12-10/h7-8,10H,4-6H2,1-3H3. The number of carbonyl (C=O) groups excluding carboxylic acids is 1. The predicted molar refractivity (Wildman–Crippen MR) is 47.7 cm³/mol. The molecule has 3 unspecified atom stereocenters. The molecule has 0 aromatic rings. The molecule has 12 heavy (non-hydrogen) atoms. The third-order valence-corrected chi connectivity index (χ3v) is 2.62. The van der Waals surface area contributed by atoms with Gasteiger partial charge in [-0.3, -0.25) is 4.79 Å². The van der Waals surface area contributed by atoms with E-state index in [1.807, 2.05) is 0 Å². The summed E-state index contributed by atoms with van der Waals surface area (Å²) in [5.41, 5.74) is 0. The molecule has 1 heterocycles. The van der Waals surface area contributed by atoms with Gasteiger partial charge in [0.15, 0.2) is 0 Å². The Bertz CT molecular complexity index is 165. The van der Waals surface area contributed by atoms with E-state index in [0.717, 1.165) is 6.42 Å². The topological polar surface area (TPSA) is 26.3 Å². The molecule has 3 atom stereocenters. The Kier molecular flexibility index (Phi) is 3.12. The summed E-state index contributed by atoms with van der Waals surface area (Å²) in [6, 6.07) is 0. The lowest BCUT2D eigenvalue weighted by Crippen LogP contribution is -2.22. The maximum atomic E-state index is 11.0. The summed E-state index contributed by atoms with van der Waals surface area (Å²) in [5, 5.41) is 0. The molecule has 1 fully saturated rings. The Morgan fingerprint density at radius 3 is 2.75 bits per heavy atom. The number of hydrogen-bond donors (Lipinski definition) is 0. The first kappa shape index (κ1) is 9.56. The summed E-state index contributed by atoms with van der Waals surface area (Å²) in [4.78, 5) is 11.0. The molecule has 0 saturated carbocycles. The van der Waals surface area contributed by atoms with E-state index in [9.17, 15) is 4.79 Å². The zero-order valence-corrected chi connectivity index (χ0v) is 8.17. The van der Waals surface area contributed by atoms with Crippen LogP contribution in [0.2, 0.25) is 0 Å². The molecule has 1 aliphatic heterocycles. The number of ether oxygens (including phenoxy) is 1. The quantitative estimate of drug-likeness (QED) is 0.608. The maximum absolute atomic E-state index is 11.0. The Balaban J connectivity index is 2.45. The summed E-state index contributed by atoms with van der Waals surface area (Å²) >= 11 is 0. The summed E-state index contributed by atoms with van der Waals surface area (Å²) in [6.45, 7) is 6.43. The van der Waals surface area contributed by atoms with Crippen molar-refractivity contribution in [1.29, 1.82) is 0 Å². The molecule has 0 radical (unpaired) electrons. The summed E-state index contributed by atoms with van der Waals surface area (Å²) in [5.74, 6) is 0.922. The Morgan fingerprint density at radius 1 is 1.67 bits per heavy atom. The van der Waals surface area contributed by atoms with Crippen LogP contribution < -0.4 is 0 Å². The Hall–Kier alpha value is -0.530. The van der Waals surface area contributed by atoms with Crippen LogP contribution >= 0.6 is 0 Å². The Morgan fingerprint density at radius 2 is 2.33 bits per heavy atom. The first-order valence-corrected chi connectivity index (χ1v) is 4.84.